The van der Waals surface area contributed by atoms with E-state index in [0.717, 1.165) is 6.42 Å². The molecule has 0 rings (SSSR count). The zero-order chi connectivity index (χ0) is 7.11. The van der Waals surface area contributed by atoms with Gasteiger partial charge in [0.25, 0.3) is 0 Å². The lowest BCUT2D eigenvalue weighted by Crippen LogP contribution is -1.75. The Bertz CT molecular complexity index is 77.0. The minimum Gasteiger partial charge on any atom is -0.101 e. The van der Waals surface area contributed by atoms with Crippen molar-refractivity contribution in [2.45, 2.75) is 31.0 Å². The summed E-state index contributed by atoms with van der Waals surface area (Å²) in [6, 6.07) is 0. The van der Waals surface area contributed by atoms with Crippen LogP contribution in [0.25, 0.3) is 0 Å². The van der Waals surface area contributed by atoms with Crippen molar-refractivity contribution in [2.75, 3.05) is 0 Å². The summed E-state index contributed by atoms with van der Waals surface area (Å²) in [5.41, 5.74) is 0. The fraction of sp³-hybridized carbons (Fsp3) is 0.714. The number of halogens is 2. The van der Waals surface area contributed by atoms with Crippen molar-refractivity contribution in [3.05, 3.63) is 12.2 Å². The van der Waals surface area contributed by atoms with Crippen LogP contribution >= 0.6 is 23.2 Å². The summed E-state index contributed by atoms with van der Waals surface area (Å²) >= 11 is 10.9. The molecule has 0 heterocycles. The molecule has 0 radical (unpaired) electrons. The van der Waals surface area contributed by atoms with Gasteiger partial charge in [-0.25, -0.2) is 0 Å². The van der Waals surface area contributed by atoms with Crippen LogP contribution in [-0.2, 0) is 0 Å². The summed E-state index contributed by atoms with van der Waals surface area (Å²) in [7, 11) is 0. The highest BCUT2D eigenvalue weighted by atomic mass is 35.5. The molecule has 54 valence electrons. The summed E-state index contributed by atoms with van der Waals surface area (Å²) < 4.78 is 0. The molecule has 0 amide bonds. The molecule has 0 spiro atoms. The minimum absolute atomic E-state index is 0.332. The molecule has 0 unspecified atom stereocenters. The fourth-order valence-corrected chi connectivity index (χ4v) is 0.727. The standard InChI is InChI=1S/C7H12Cl2/c1-2-3-4-5-6-7(8)9/h5-7H,2-4H2,1H3. The van der Waals surface area contributed by atoms with Crippen LogP contribution < -0.4 is 0 Å². The van der Waals surface area contributed by atoms with Gasteiger partial charge in [0.05, 0.1) is 0 Å². The van der Waals surface area contributed by atoms with E-state index >= 15 is 0 Å². The Balaban J connectivity index is 3.04. The third-order valence-electron chi connectivity index (χ3n) is 1.01. The molecule has 0 nitrogen and oxygen atoms in total. The van der Waals surface area contributed by atoms with Crippen LogP contribution in [0, 0.1) is 0 Å². The third-order valence-corrected chi connectivity index (χ3v) is 1.30. The predicted octanol–water partition coefficient (Wildman–Crippen LogP) is 3.54. The van der Waals surface area contributed by atoms with Gasteiger partial charge in [-0.1, -0.05) is 31.9 Å². The van der Waals surface area contributed by atoms with Gasteiger partial charge in [-0.05, 0) is 6.42 Å². The lowest BCUT2D eigenvalue weighted by Gasteiger charge is -1.89. The highest BCUT2D eigenvalue weighted by Crippen LogP contribution is 2.04. The highest BCUT2D eigenvalue weighted by molar-refractivity contribution is 6.45. The van der Waals surface area contributed by atoms with Crippen LogP contribution in [0.15, 0.2) is 12.2 Å². The molecule has 0 saturated heterocycles. The van der Waals surface area contributed by atoms with Crippen molar-refractivity contribution in [3.8, 4) is 0 Å². The van der Waals surface area contributed by atoms with E-state index in [2.05, 4.69) is 6.92 Å². The number of rotatable bonds is 4. The molecule has 9 heavy (non-hydrogen) atoms. The summed E-state index contributed by atoms with van der Waals surface area (Å²) in [4.78, 5) is -0.332. The molecular formula is C7H12Cl2. The van der Waals surface area contributed by atoms with Crippen molar-refractivity contribution in [1.29, 1.82) is 0 Å². The average molecular weight is 167 g/mol. The van der Waals surface area contributed by atoms with Crippen LogP contribution in [0.3, 0.4) is 0 Å². The van der Waals surface area contributed by atoms with Crippen LogP contribution in [0.2, 0.25) is 0 Å². The zero-order valence-corrected chi connectivity index (χ0v) is 7.12. The Hall–Kier alpha value is 0.320. The maximum atomic E-state index is 5.44. The summed E-state index contributed by atoms with van der Waals surface area (Å²) in [6.45, 7) is 2.16. The number of alkyl halides is 2. The SMILES string of the molecule is CCCCC=CC(Cl)Cl. The van der Waals surface area contributed by atoms with Gasteiger partial charge in [-0.3, -0.25) is 0 Å². The lowest BCUT2D eigenvalue weighted by molar-refractivity contribution is 0.814. The first kappa shape index (κ1) is 9.32. The Morgan fingerprint density at radius 3 is 2.56 bits per heavy atom. The van der Waals surface area contributed by atoms with E-state index in [9.17, 15) is 0 Å². The fourth-order valence-electron chi connectivity index (χ4n) is 0.521. The molecule has 2 heteroatoms. The second-order valence-corrected chi connectivity index (χ2v) is 3.07. The van der Waals surface area contributed by atoms with Gasteiger partial charge in [0, 0.05) is 0 Å². The Morgan fingerprint density at radius 2 is 2.11 bits per heavy atom. The zero-order valence-electron chi connectivity index (χ0n) is 5.61. The van der Waals surface area contributed by atoms with Crippen LogP contribution in [0.5, 0.6) is 0 Å². The topological polar surface area (TPSA) is 0 Å². The first-order valence-corrected chi connectivity index (χ1v) is 4.09. The molecule has 0 aromatic heterocycles. The monoisotopic (exact) mass is 166 g/mol. The van der Waals surface area contributed by atoms with Crippen LogP contribution in [0.1, 0.15) is 26.2 Å². The number of allylic oxidation sites excluding steroid dienone is 2. The Kier molecular flexibility index (Phi) is 6.67. The molecule has 0 aromatic rings. The second-order valence-electron chi connectivity index (χ2n) is 1.90. The Morgan fingerprint density at radius 1 is 1.44 bits per heavy atom. The van der Waals surface area contributed by atoms with Crippen molar-refractivity contribution in [1.82, 2.24) is 0 Å². The number of unbranched alkanes of at least 4 members (excludes halogenated alkanes) is 2. The van der Waals surface area contributed by atoms with Crippen LogP contribution in [0.4, 0.5) is 0 Å². The smallest absolute Gasteiger partial charge is 0.101 e. The molecule has 0 aliphatic rings. The second kappa shape index (κ2) is 6.44. The van der Waals surface area contributed by atoms with Crippen molar-refractivity contribution in [3.63, 3.8) is 0 Å². The highest BCUT2D eigenvalue weighted by Gasteiger charge is 1.86. The number of hydrogen-bond acceptors (Lipinski definition) is 0. The minimum atomic E-state index is -0.332. The third kappa shape index (κ3) is 8.32. The molecule has 0 saturated carbocycles. The van der Waals surface area contributed by atoms with E-state index in [0.29, 0.717) is 0 Å². The lowest BCUT2D eigenvalue weighted by atomic mass is 10.2. The predicted molar refractivity (Wildman–Crippen MR) is 44.2 cm³/mol. The number of hydrogen-bond donors (Lipinski definition) is 0. The molecule has 0 bridgehead atoms. The molecule has 0 aromatic carbocycles. The normalized spacial score (nSPS) is 11.6. The van der Waals surface area contributed by atoms with E-state index < -0.39 is 0 Å². The van der Waals surface area contributed by atoms with E-state index in [4.69, 9.17) is 23.2 Å². The molecule has 0 aliphatic heterocycles. The van der Waals surface area contributed by atoms with Gasteiger partial charge in [-0.2, -0.15) is 0 Å². The molecule has 0 fully saturated rings. The van der Waals surface area contributed by atoms with Gasteiger partial charge in [0.15, 0.2) is 0 Å². The van der Waals surface area contributed by atoms with E-state index in [1.807, 2.05) is 6.08 Å². The van der Waals surface area contributed by atoms with Crippen molar-refractivity contribution >= 4 is 23.2 Å². The van der Waals surface area contributed by atoms with Gasteiger partial charge in [0.2, 0.25) is 0 Å². The summed E-state index contributed by atoms with van der Waals surface area (Å²) in [5, 5.41) is 0. The molecule has 0 atom stereocenters. The van der Waals surface area contributed by atoms with Gasteiger partial charge >= 0.3 is 0 Å². The molecular weight excluding hydrogens is 155 g/mol. The van der Waals surface area contributed by atoms with Gasteiger partial charge in [0.1, 0.15) is 4.84 Å². The first-order chi connectivity index (χ1) is 4.27. The van der Waals surface area contributed by atoms with E-state index in [1.165, 1.54) is 12.8 Å². The van der Waals surface area contributed by atoms with Gasteiger partial charge in [-0.15, -0.1) is 23.2 Å². The van der Waals surface area contributed by atoms with Crippen molar-refractivity contribution in [2.24, 2.45) is 0 Å². The first-order valence-electron chi connectivity index (χ1n) is 3.22. The van der Waals surface area contributed by atoms with Crippen molar-refractivity contribution < 1.29 is 0 Å². The summed E-state index contributed by atoms with van der Waals surface area (Å²) in [5.74, 6) is 0. The quantitative estimate of drug-likeness (QED) is 0.341. The Labute approximate surface area is 66.8 Å². The molecule has 0 aliphatic carbocycles. The summed E-state index contributed by atoms with van der Waals surface area (Å²) in [6.07, 6.45) is 7.36. The van der Waals surface area contributed by atoms with E-state index in [-0.39, 0.29) is 4.84 Å². The largest absolute Gasteiger partial charge is 0.125 e. The maximum absolute atomic E-state index is 5.44. The molecule has 0 N–H and O–H groups in total. The maximum Gasteiger partial charge on any atom is 0.125 e. The van der Waals surface area contributed by atoms with E-state index in [1.54, 1.807) is 6.08 Å². The van der Waals surface area contributed by atoms with Gasteiger partial charge < -0.3 is 0 Å². The average Bonchev–Trinajstić information content (AvgIpc) is 1.80. The van der Waals surface area contributed by atoms with Crippen LogP contribution in [-0.4, -0.2) is 4.84 Å².